The van der Waals surface area contributed by atoms with Gasteiger partial charge >= 0.3 is 0 Å². The lowest BCUT2D eigenvalue weighted by molar-refractivity contribution is 0.297. The Bertz CT molecular complexity index is 291. The quantitative estimate of drug-likeness (QED) is 0.828. The largest absolute Gasteiger partial charge is 0.360 e. The van der Waals surface area contributed by atoms with Crippen LogP contribution >= 0.6 is 11.8 Å². The molecule has 2 nitrogen and oxygen atoms in total. The Labute approximate surface area is 110 Å². The molecule has 0 amide bonds. The Hall–Kier alpha value is -0.180. The van der Waals surface area contributed by atoms with Crippen LogP contribution in [0.5, 0.6) is 0 Å². The number of nitrogens with zero attached hydrogens (tertiary/aromatic N) is 1. The standard InChI is InChI=1S/C14H26N2S/c1-4-14(7-5-6-8-14)11-15-12-16-13(2,3)9-10-17-12/h4-11H2,1-3H3,(H,15,16). The first-order valence-electron chi connectivity index (χ1n) is 7.01. The maximum atomic E-state index is 4.87. The molecule has 3 heteroatoms. The van der Waals surface area contributed by atoms with Crippen molar-refractivity contribution in [2.24, 2.45) is 10.4 Å². The third-order valence-corrected chi connectivity index (χ3v) is 5.30. The Morgan fingerprint density at radius 3 is 2.53 bits per heavy atom. The second kappa shape index (κ2) is 5.21. The molecule has 0 radical (unpaired) electrons. The number of amidine groups is 1. The van der Waals surface area contributed by atoms with Gasteiger partial charge in [-0.25, -0.2) is 0 Å². The minimum absolute atomic E-state index is 0.235. The zero-order valence-corrected chi connectivity index (χ0v) is 12.3. The first kappa shape index (κ1) is 13.3. The molecule has 0 aromatic rings. The fraction of sp³-hybridized carbons (Fsp3) is 0.929. The van der Waals surface area contributed by atoms with Crippen molar-refractivity contribution >= 4 is 16.9 Å². The van der Waals surface area contributed by atoms with Crippen LogP contribution in [0, 0.1) is 5.41 Å². The van der Waals surface area contributed by atoms with E-state index in [1.54, 1.807) is 0 Å². The number of aliphatic imine (C=N–C) groups is 1. The molecule has 0 atom stereocenters. The van der Waals surface area contributed by atoms with Gasteiger partial charge in [0.25, 0.3) is 0 Å². The van der Waals surface area contributed by atoms with Crippen molar-refractivity contribution in [3.05, 3.63) is 0 Å². The zero-order chi connectivity index (χ0) is 12.4. The molecule has 0 bridgehead atoms. The van der Waals surface area contributed by atoms with E-state index < -0.39 is 0 Å². The van der Waals surface area contributed by atoms with E-state index >= 15 is 0 Å². The minimum atomic E-state index is 0.235. The van der Waals surface area contributed by atoms with Gasteiger partial charge in [-0.3, -0.25) is 4.99 Å². The average Bonchev–Trinajstić information content (AvgIpc) is 2.75. The summed E-state index contributed by atoms with van der Waals surface area (Å²) in [7, 11) is 0. The molecule has 1 N–H and O–H groups in total. The molecule has 0 aromatic carbocycles. The summed E-state index contributed by atoms with van der Waals surface area (Å²) in [5, 5.41) is 4.75. The Kier molecular flexibility index (Phi) is 4.06. The zero-order valence-electron chi connectivity index (χ0n) is 11.5. The van der Waals surface area contributed by atoms with Crippen LogP contribution in [0.3, 0.4) is 0 Å². The number of hydrogen-bond acceptors (Lipinski definition) is 2. The fourth-order valence-electron chi connectivity index (χ4n) is 2.86. The molecule has 1 aliphatic heterocycles. The summed E-state index contributed by atoms with van der Waals surface area (Å²) < 4.78 is 0. The third-order valence-electron chi connectivity index (χ3n) is 4.38. The van der Waals surface area contributed by atoms with Gasteiger partial charge in [-0.2, -0.15) is 0 Å². The SMILES string of the molecule is CCC1(CN=C2NC(C)(C)CCS2)CCCC1. The molecule has 17 heavy (non-hydrogen) atoms. The van der Waals surface area contributed by atoms with Crippen LogP contribution in [0.15, 0.2) is 4.99 Å². The molecule has 98 valence electrons. The maximum absolute atomic E-state index is 4.87. The lowest BCUT2D eigenvalue weighted by Crippen LogP contribution is -2.46. The molecule has 1 saturated heterocycles. The Morgan fingerprint density at radius 2 is 1.94 bits per heavy atom. The molecule has 0 unspecified atom stereocenters. The summed E-state index contributed by atoms with van der Waals surface area (Å²) in [4.78, 5) is 4.87. The van der Waals surface area contributed by atoms with Gasteiger partial charge < -0.3 is 5.32 Å². The van der Waals surface area contributed by atoms with Crippen LogP contribution < -0.4 is 5.32 Å². The molecule has 2 rings (SSSR count). The van der Waals surface area contributed by atoms with Crippen LogP contribution in [0.1, 0.15) is 59.3 Å². The summed E-state index contributed by atoms with van der Waals surface area (Å²) in [6.07, 6.45) is 8.10. The van der Waals surface area contributed by atoms with Crippen molar-refractivity contribution in [2.75, 3.05) is 12.3 Å². The average molecular weight is 254 g/mol. The predicted octanol–water partition coefficient (Wildman–Crippen LogP) is 3.82. The number of rotatable bonds is 3. The minimum Gasteiger partial charge on any atom is -0.360 e. The topological polar surface area (TPSA) is 24.4 Å². The second-order valence-electron chi connectivity index (χ2n) is 6.29. The van der Waals surface area contributed by atoms with E-state index in [1.165, 1.54) is 49.4 Å². The number of hydrogen-bond donors (Lipinski definition) is 1. The van der Waals surface area contributed by atoms with Crippen molar-refractivity contribution in [2.45, 2.75) is 64.8 Å². The third kappa shape index (κ3) is 3.40. The Morgan fingerprint density at radius 1 is 1.24 bits per heavy atom. The van der Waals surface area contributed by atoms with Gasteiger partial charge in [0.1, 0.15) is 0 Å². The molecule has 1 aliphatic carbocycles. The summed E-state index contributed by atoms with van der Waals surface area (Å²) in [5.41, 5.74) is 0.760. The lowest BCUT2D eigenvalue weighted by Gasteiger charge is -2.33. The van der Waals surface area contributed by atoms with E-state index in [0.717, 1.165) is 6.54 Å². The summed E-state index contributed by atoms with van der Waals surface area (Å²) in [6, 6.07) is 0. The van der Waals surface area contributed by atoms with Crippen LogP contribution in [-0.2, 0) is 0 Å². The van der Waals surface area contributed by atoms with Gasteiger partial charge in [0.2, 0.25) is 0 Å². The highest BCUT2D eigenvalue weighted by molar-refractivity contribution is 8.13. The van der Waals surface area contributed by atoms with Gasteiger partial charge in [0, 0.05) is 17.8 Å². The molecule has 2 aliphatic rings. The molecule has 1 saturated carbocycles. The van der Waals surface area contributed by atoms with Crippen molar-refractivity contribution in [1.29, 1.82) is 0 Å². The van der Waals surface area contributed by atoms with Gasteiger partial charge in [0.15, 0.2) is 5.17 Å². The first-order chi connectivity index (χ1) is 8.05. The number of nitrogens with one attached hydrogen (secondary N) is 1. The summed E-state index contributed by atoms with van der Waals surface area (Å²) in [5.74, 6) is 1.21. The monoisotopic (exact) mass is 254 g/mol. The lowest BCUT2D eigenvalue weighted by atomic mass is 9.84. The van der Waals surface area contributed by atoms with Crippen LogP contribution in [0.25, 0.3) is 0 Å². The highest BCUT2D eigenvalue weighted by atomic mass is 32.2. The van der Waals surface area contributed by atoms with Crippen LogP contribution in [0.4, 0.5) is 0 Å². The van der Waals surface area contributed by atoms with Crippen molar-refractivity contribution < 1.29 is 0 Å². The predicted molar refractivity (Wildman–Crippen MR) is 77.8 cm³/mol. The summed E-state index contributed by atoms with van der Waals surface area (Å²) >= 11 is 1.90. The smallest absolute Gasteiger partial charge is 0.156 e. The molecule has 0 spiro atoms. The van der Waals surface area contributed by atoms with E-state index in [1.807, 2.05) is 11.8 Å². The van der Waals surface area contributed by atoms with Crippen molar-refractivity contribution in [3.63, 3.8) is 0 Å². The van der Waals surface area contributed by atoms with Gasteiger partial charge in [-0.1, -0.05) is 31.5 Å². The van der Waals surface area contributed by atoms with Crippen LogP contribution in [0.2, 0.25) is 0 Å². The maximum Gasteiger partial charge on any atom is 0.156 e. The highest BCUT2D eigenvalue weighted by Crippen LogP contribution is 2.41. The van der Waals surface area contributed by atoms with E-state index in [0.29, 0.717) is 5.41 Å². The highest BCUT2D eigenvalue weighted by Gasteiger charge is 2.32. The van der Waals surface area contributed by atoms with E-state index in [4.69, 9.17) is 4.99 Å². The fourth-order valence-corrected chi connectivity index (χ4v) is 4.17. The van der Waals surface area contributed by atoms with Crippen molar-refractivity contribution in [3.8, 4) is 0 Å². The normalized spacial score (nSPS) is 29.2. The van der Waals surface area contributed by atoms with E-state index in [-0.39, 0.29) is 5.54 Å². The molecule has 1 heterocycles. The molecule has 0 aromatic heterocycles. The van der Waals surface area contributed by atoms with Crippen LogP contribution in [-0.4, -0.2) is 23.0 Å². The molecule has 2 fully saturated rings. The second-order valence-corrected chi connectivity index (χ2v) is 7.37. The van der Waals surface area contributed by atoms with Gasteiger partial charge in [0.05, 0.1) is 0 Å². The summed E-state index contributed by atoms with van der Waals surface area (Å²) in [6.45, 7) is 7.91. The number of thioether (sulfide) groups is 1. The van der Waals surface area contributed by atoms with Crippen molar-refractivity contribution in [1.82, 2.24) is 5.32 Å². The van der Waals surface area contributed by atoms with Gasteiger partial charge in [-0.15, -0.1) is 0 Å². The first-order valence-corrected chi connectivity index (χ1v) is 7.99. The molecular formula is C14H26N2S. The van der Waals surface area contributed by atoms with E-state index in [9.17, 15) is 0 Å². The van der Waals surface area contributed by atoms with E-state index in [2.05, 4.69) is 26.1 Å². The van der Waals surface area contributed by atoms with Gasteiger partial charge in [-0.05, 0) is 44.9 Å². The molecular weight excluding hydrogens is 228 g/mol. The Balaban J connectivity index is 1.95.